The van der Waals surface area contributed by atoms with Gasteiger partial charge in [-0.1, -0.05) is 0 Å². The summed E-state index contributed by atoms with van der Waals surface area (Å²) in [7, 11) is 1.27. The number of hydrogen-bond acceptors (Lipinski definition) is 20. The standard InChI is InChI=1S/C34H42O20/c1-10-20(38)23(41)26(44)33(49-10)53-29-11(2)50-32(28(46)25(29)43)48-9-18-21(39)24(42)27(45)34(52-18)54-31-22(40)19-15(37)7-13(35)8-17(19)51-30(31)12-4-5-14(36)16(6-12)47-3/h4-8,10-11,18,20-21,23-29,32-39,41-46H,9H2,1-3H3/t10-,11-,18+,20-,21+,23+,24-,25-,26+,27+,28+,29-,32+,33-,34-/m0/s1. The summed E-state index contributed by atoms with van der Waals surface area (Å²) in [4.78, 5) is 13.8. The van der Waals surface area contributed by atoms with Crippen molar-refractivity contribution in [3.63, 3.8) is 0 Å². The summed E-state index contributed by atoms with van der Waals surface area (Å²) < 4.78 is 44.9. The van der Waals surface area contributed by atoms with Crippen molar-refractivity contribution in [2.45, 2.75) is 106 Å². The summed E-state index contributed by atoms with van der Waals surface area (Å²) >= 11 is 0. The predicted octanol–water partition coefficient (Wildman–Crippen LogP) is -2.53. The average Bonchev–Trinajstić information content (AvgIpc) is 3.13. The summed E-state index contributed by atoms with van der Waals surface area (Å²) in [5.41, 5.74) is -1.20. The van der Waals surface area contributed by atoms with Crippen LogP contribution in [0.2, 0.25) is 0 Å². The summed E-state index contributed by atoms with van der Waals surface area (Å²) in [6.07, 6.45) is -24.0. The number of methoxy groups -OCH3 is 1. The Labute approximate surface area is 305 Å². The zero-order chi connectivity index (χ0) is 39.3. The Morgan fingerprint density at radius 2 is 1.33 bits per heavy atom. The maximum atomic E-state index is 13.8. The molecule has 3 aromatic rings. The van der Waals surface area contributed by atoms with Crippen LogP contribution in [0.4, 0.5) is 0 Å². The largest absolute Gasteiger partial charge is 0.508 e. The molecule has 0 spiro atoms. The van der Waals surface area contributed by atoms with Crippen molar-refractivity contribution in [1.82, 2.24) is 0 Å². The summed E-state index contributed by atoms with van der Waals surface area (Å²) in [5, 5.41) is 115. The maximum absolute atomic E-state index is 13.8. The first-order valence-corrected chi connectivity index (χ1v) is 16.8. The topological polar surface area (TPSA) is 317 Å². The van der Waals surface area contributed by atoms with E-state index < -0.39 is 127 Å². The third-order valence-electron chi connectivity index (χ3n) is 9.56. The van der Waals surface area contributed by atoms with Gasteiger partial charge in [-0.25, -0.2) is 0 Å². The van der Waals surface area contributed by atoms with Gasteiger partial charge < -0.3 is 93.7 Å². The van der Waals surface area contributed by atoms with E-state index in [1.807, 2.05) is 0 Å². The Balaban J connectivity index is 1.21. The Bertz CT molecular complexity index is 1850. The lowest BCUT2D eigenvalue weighted by Crippen LogP contribution is -2.63. The zero-order valence-corrected chi connectivity index (χ0v) is 28.8. The lowest BCUT2D eigenvalue weighted by Gasteiger charge is -2.46. The van der Waals surface area contributed by atoms with Gasteiger partial charge in [0.2, 0.25) is 17.5 Å². The van der Waals surface area contributed by atoms with Gasteiger partial charge in [-0.2, -0.15) is 0 Å². The van der Waals surface area contributed by atoms with Gasteiger partial charge in [0.05, 0.1) is 25.9 Å². The van der Waals surface area contributed by atoms with Crippen LogP contribution in [0.25, 0.3) is 22.3 Å². The second kappa shape index (κ2) is 15.7. The van der Waals surface area contributed by atoms with Crippen molar-refractivity contribution < 1.29 is 93.7 Å². The molecule has 11 N–H and O–H groups in total. The van der Waals surface area contributed by atoms with E-state index >= 15 is 0 Å². The van der Waals surface area contributed by atoms with Gasteiger partial charge in [-0.3, -0.25) is 4.79 Å². The monoisotopic (exact) mass is 770 g/mol. The fourth-order valence-corrected chi connectivity index (χ4v) is 6.45. The molecule has 0 amide bonds. The van der Waals surface area contributed by atoms with Crippen molar-refractivity contribution in [1.29, 1.82) is 0 Å². The second-order valence-electron chi connectivity index (χ2n) is 13.3. The Kier molecular flexibility index (Phi) is 11.6. The third kappa shape index (κ3) is 7.41. The Hall–Kier alpha value is -3.87. The van der Waals surface area contributed by atoms with Gasteiger partial charge in [-0.05, 0) is 32.0 Å². The van der Waals surface area contributed by atoms with Crippen LogP contribution in [-0.4, -0.2) is 162 Å². The van der Waals surface area contributed by atoms with E-state index in [0.717, 1.165) is 12.1 Å². The molecule has 20 heteroatoms. The highest BCUT2D eigenvalue weighted by molar-refractivity contribution is 5.88. The Morgan fingerprint density at radius 1 is 0.685 bits per heavy atom. The molecular formula is C34H42O20. The minimum absolute atomic E-state index is 0.0396. The minimum atomic E-state index is -2.00. The molecule has 298 valence electrons. The van der Waals surface area contributed by atoms with Crippen LogP contribution in [0.3, 0.4) is 0 Å². The first kappa shape index (κ1) is 39.8. The first-order valence-electron chi connectivity index (χ1n) is 16.8. The average molecular weight is 771 g/mol. The molecule has 3 fully saturated rings. The number of phenolic OH excluding ortho intramolecular Hbond substituents is 3. The van der Waals surface area contributed by atoms with E-state index in [1.165, 1.54) is 39.2 Å². The fourth-order valence-electron chi connectivity index (χ4n) is 6.45. The molecular weight excluding hydrogens is 728 g/mol. The number of aliphatic hydroxyl groups excluding tert-OH is 8. The number of aliphatic hydroxyl groups is 8. The minimum Gasteiger partial charge on any atom is -0.508 e. The van der Waals surface area contributed by atoms with Crippen molar-refractivity contribution in [3.05, 3.63) is 40.6 Å². The zero-order valence-electron chi connectivity index (χ0n) is 28.8. The third-order valence-corrected chi connectivity index (χ3v) is 9.56. The van der Waals surface area contributed by atoms with E-state index in [0.29, 0.717) is 0 Å². The summed E-state index contributed by atoms with van der Waals surface area (Å²) in [6, 6.07) is 5.75. The molecule has 54 heavy (non-hydrogen) atoms. The number of ether oxygens (including phenoxy) is 7. The van der Waals surface area contributed by atoms with E-state index in [2.05, 4.69) is 0 Å². The molecule has 2 aromatic carbocycles. The summed E-state index contributed by atoms with van der Waals surface area (Å²) in [5.74, 6) is -2.44. The molecule has 0 saturated carbocycles. The van der Waals surface area contributed by atoms with Gasteiger partial charge in [0.1, 0.15) is 83.5 Å². The number of hydrogen-bond donors (Lipinski definition) is 11. The highest BCUT2D eigenvalue weighted by atomic mass is 16.7. The van der Waals surface area contributed by atoms with E-state index in [4.69, 9.17) is 37.6 Å². The Morgan fingerprint density at radius 3 is 2.04 bits per heavy atom. The molecule has 3 saturated heterocycles. The lowest BCUT2D eigenvalue weighted by atomic mass is 9.97. The molecule has 0 radical (unpaired) electrons. The molecule has 15 atom stereocenters. The van der Waals surface area contributed by atoms with E-state index in [-0.39, 0.29) is 28.4 Å². The van der Waals surface area contributed by atoms with Crippen molar-refractivity contribution in [3.8, 4) is 40.1 Å². The van der Waals surface area contributed by atoms with Crippen molar-refractivity contribution >= 4 is 11.0 Å². The first-order chi connectivity index (χ1) is 25.5. The molecule has 20 nitrogen and oxygen atoms in total. The van der Waals surface area contributed by atoms with Gasteiger partial charge >= 0.3 is 0 Å². The van der Waals surface area contributed by atoms with Crippen LogP contribution in [0.5, 0.6) is 28.7 Å². The SMILES string of the molecule is COc1cc(-c2oc3cc(O)cc(O)c3c(=O)c2O[C@@H]2O[C@H](CO[C@@H]3O[C@@H](C)[C@H](O[C@@H]4O[C@@H](C)[C@H](O)[C@@H](O)[C@H]4O)[C@@H](O)[C@H]3O)[C@@H](O)[C@H](O)[C@H]2O)ccc1O. The quantitative estimate of drug-likeness (QED) is 0.107. The molecule has 3 aliphatic rings. The fraction of sp³-hybridized carbons (Fsp3) is 0.559. The number of rotatable bonds is 9. The van der Waals surface area contributed by atoms with Gasteiger partial charge in [0.15, 0.2) is 29.8 Å². The molecule has 3 aliphatic heterocycles. The highest BCUT2D eigenvalue weighted by Crippen LogP contribution is 2.40. The number of fused-ring (bicyclic) bond motifs is 1. The summed E-state index contributed by atoms with van der Waals surface area (Å²) in [6.45, 7) is 2.20. The lowest BCUT2D eigenvalue weighted by molar-refractivity contribution is -0.357. The van der Waals surface area contributed by atoms with Crippen LogP contribution in [-0.2, 0) is 23.7 Å². The normalized spacial score (nSPS) is 37.3. The van der Waals surface area contributed by atoms with Gasteiger partial charge in [0, 0.05) is 17.7 Å². The molecule has 1 aromatic heterocycles. The maximum Gasteiger partial charge on any atom is 0.239 e. The van der Waals surface area contributed by atoms with Crippen LogP contribution in [0.15, 0.2) is 39.5 Å². The van der Waals surface area contributed by atoms with Crippen LogP contribution < -0.4 is 14.9 Å². The number of benzene rings is 2. The number of phenols is 3. The predicted molar refractivity (Wildman–Crippen MR) is 176 cm³/mol. The highest BCUT2D eigenvalue weighted by Gasteiger charge is 2.51. The van der Waals surface area contributed by atoms with Crippen LogP contribution in [0, 0.1) is 0 Å². The molecule has 4 heterocycles. The number of aromatic hydroxyl groups is 3. The van der Waals surface area contributed by atoms with Crippen LogP contribution in [0.1, 0.15) is 13.8 Å². The van der Waals surface area contributed by atoms with E-state index in [1.54, 1.807) is 0 Å². The molecule has 0 aliphatic carbocycles. The molecule has 0 unspecified atom stereocenters. The van der Waals surface area contributed by atoms with E-state index in [9.17, 15) is 61.0 Å². The van der Waals surface area contributed by atoms with Gasteiger partial charge in [-0.15, -0.1) is 0 Å². The second-order valence-corrected chi connectivity index (χ2v) is 13.3. The van der Waals surface area contributed by atoms with Gasteiger partial charge in [0.25, 0.3) is 0 Å². The molecule has 6 rings (SSSR count). The van der Waals surface area contributed by atoms with Crippen molar-refractivity contribution in [2.24, 2.45) is 0 Å². The molecule has 0 bridgehead atoms. The smallest absolute Gasteiger partial charge is 0.239 e. The van der Waals surface area contributed by atoms with Crippen LogP contribution >= 0.6 is 0 Å². The van der Waals surface area contributed by atoms with Crippen molar-refractivity contribution in [2.75, 3.05) is 13.7 Å².